The Labute approximate surface area is 205 Å². The largest absolute Gasteiger partial charge is 0.493 e. The van der Waals surface area contributed by atoms with Crippen LogP contribution in [0.4, 0.5) is 11.4 Å². The minimum atomic E-state index is -0.319. The van der Waals surface area contributed by atoms with Gasteiger partial charge in [-0.2, -0.15) is 0 Å². The van der Waals surface area contributed by atoms with E-state index >= 15 is 0 Å². The summed E-state index contributed by atoms with van der Waals surface area (Å²) in [6, 6.07) is 14.5. The van der Waals surface area contributed by atoms with E-state index in [4.69, 9.17) is 32.7 Å². The predicted octanol–water partition coefficient (Wildman–Crippen LogP) is 7.15. The summed E-state index contributed by atoms with van der Waals surface area (Å²) in [4.78, 5) is 16.8. The number of anilines is 1. The average molecular weight is 536 g/mol. The molecule has 3 aromatic carbocycles. The van der Waals surface area contributed by atoms with E-state index in [1.54, 1.807) is 24.4 Å². The molecule has 0 heterocycles. The summed E-state index contributed by atoms with van der Waals surface area (Å²) in [6.45, 7) is 3.61. The first-order valence-electron chi connectivity index (χ1n) is 9.64. The molecule has 0 saturated carbocycles. The van der Waals surface area contributed by atoms with E-state index in [0.717, 1.165) is 22.4 Å². The van der Waals surface area contributed by atoms with Gasteiger partial charge >= 0.3 is 0 Å². The van der Waals surface area contributed by atoms with Crippen LogP contribution < -0.4 is 14.8 Å². The fourth-order valence-electron chi connectivity index (χ4n) is 2.84. The van der Waals surface area contributed by atoms with Gasteiger partial charge in [0.15, 0.2) is 18.1 Å². The van der Waals surface area contributed by atoms with Crippen LogP contribution in [-0.2, 0) is 4.79 Å². The number of aliphatic imine (C=N–C) groups is 1. The number of hydrogen-bond donors (Lipinski definition) is 1. The van der Waals surface area contributed by atoms with Gasteiger partial charge in [-0.25, -0.2) is 0 Å². The van der Waals surface area contributed by atoms with Crippen molar-refractivity contribution in [2.75, 3.05) is 19.0 Å². The van der Waals surface area contributed by atoms with Gasteiger partial charge in [0.2, 0.25) is 0 Å². The van der Waals surface area contributed by atoms with Crippen LogP contribution >= 0.6 is 39.1 Å². The number of methoxy groups -OCH3 is 1. The first kappa shape index (κ1) is 24.1. The van der Waals surface area contributed by atoms with E-state index in [1.807, 2.05) is 44.2 Å². The minimum Gasteiger partial charge on any atom is -0.493 e. The SMILES string of the molecule is COc1cc(C=Nc2cccc(Cl)c2C)cc(Br)c1OCC(=O)Nc1ccc(C)c(Cl)c1. The summed E-state index contributed by atoms with van der Waals surface area (Å²) in [7, 11) is 1.53. The third-order valence-electron chi connectivity index (χ3n) is 4.65. The van der Waals surface area contributed by atoms with Gasteiger partial charge in [-0.15, -0.1) is 0 Å². The lowest BCUT2D eigenvalue weighted by molar-refractivity contribution is -0.118. The summed E-state index contributed by atoms with van der Waals surface area (Å²) in [6.07, 6.45) is 1.71. The van der Waals surface area contributed by atoms with E-state index in [0.29, 0.717) is 31.7 Å². The molecule has 8 heteroatoms. The van der Waals surface area contributed by atoms with Crippen molar-refractivity contribution in [1.82, 2.24) is 0 Å². The molecule has 0 spiro atoms. The Bertz CT molecular complexity index is 1180. The number of aryl methyl sites for hydroxylation is 1. The Morgan fingerprint density at radius 3 is 2.62 bits per heavy atom. The number of benzene rings is 3. The van der Waals surface area contributed by atoms with E-state index in [2.05, 4.69) is 26.2 Å². The molecule has 0 unspecified atom stereocenters. The summed E-state index contributed by atoms with van der Waals surface area (Å²) in [5, 5.41) is 4.00. The van der Waals surface area contributed by atoms with Gasteiger partial charge in [0.1, 0.15) is 0 Å². The van der Waals surface area contributed by atoms with E-state index in [-0.39, 0.29) is 12.5 Å². The number of carbonyl (C=O) groups excluding carboxylic acids is 1. The Morgan fingerprint density at radius 2 is 1.91 bits per heavy atom. The van der Waals surface area contributed by atoms with Crippen molar-refractivity contribution < 1.29 is 14.3 Å². The van der Waals surface area contributed by atoms with Crippen LogP contribution in [0.15, 0.2) is 58.0 Å². The van der Waals surface area contributed by atoms with Gasteiger partial charge in [0, 0.05) is 21.9 Å². The molecule has 0 aliphatic heterocycles. The highest BCUT2D eigenvalue weighted by Crippen LogP contribution is 2.36. The Balaban J connectivity index is 1.72. The van der Waals surface area contributed by atoms with Crippen LogP contribution in [0.25, 0.3) is 0 Å². The van der Waals surface area contributed by atoms with Crippen LogP contribution in [0.5, 0.6) is 11.5 Å². The van der Waals surface area contributed by atoms with Crippen LogP contribution in [0.2, 0.25) is 10.0 Å². The number of amides is 1. The third-order valence-corrected chi connectivity index (χ3v) is 6.05. The maximum Gasteiger partial charge on any atom is 0.262 e. The van der Waals surface area contributed by atoms with Crippen molar-refractivity contribution in [2.45, 2.75) is 13.8 Å². The van der Waals surface area contributed by atoms with Gasteiger partial charge in [-0.05, 0) is 82.9 Å². The lowest BCUT2D eigenvalue weighted by atomic mass is 10.2. The van der Waals surface area contributed by atoms with Crippen molar-refractivity contribution in [3.05, 3.63) is 79.7 Å². The zero-order valence-corrected chi connectivity index (χ0v) is 20.8. The first-order chi connectivity index (χ1) is 15.3. The molecule has 0 aliphatic rings. The molecule has 3 aromatic rings. The second kappa shape index (κ2) is 10.9. The molecule has 1 N–H and O–H groups in total. The molecule has 32 heavy (non-hydrogen) atoms. The monoisotopic (exact) mass is 534 g/mol. The van der Waals surface area contributed by atoms with Crippen LogP contribution in [0.1, 0.15) is 16.7 Å². The molecular weight excluding hydrogens is 515 g/mol. The molecule has 3 rings (SSSR count). The molecular formula is C24H21BrCl2N2O3. The Morgan fingerprint density at radius 1 is 1.12 bits per heavy atom. The van der Waals surface area contributed by atoms with Crippen LogP contribution in [-0.4, -0.2) is 25.8 Å². The molecule has 5 nitrogen and oxygen atoms in total. The van der Waals surface area contributed by atoms with E-state index in [1.165, 1.54) is 7.11 Å². The summed E-state index contributed by atoms with van der Waals surface area (Å²) in [5.41, 5.74) is 4.00. The number of nitrogens with zero attached hydrogens (tertiary/aromatic N) is 1. The molecule has 0 fully saturated rings. The van der Waals surface area contributed by atoms with Crippen molar-refractivity contribution in [3.8, 4) is 11.5 Å². The van der Waals surface area contributed by atoms with Gasteiger partial charge < -0.3 is 14.8 Å². The fourth-order valence-corrected chi connectivity index (χ4v) is 3.76. The number of ether oxygens (including phenoxy) is 2. The predicted molar refractivity (Wildman–Crippen MR) is 134 cm³/mol. The fraction of sp³-hybridized carbons (Fsp3) is 0.167. The van der Waals surface area contributed by atoms with Crippen molar-refractivity contribution in [3.63, 3.8) is 0 Å². The van der Waals surface area contributed by atoms with Crippen molar-refractivity contribution >= 4 is 62.6 Å². The molecule has 1 amide bonds. The maximum atomic E-state index is 12.3. The van der Waals surface area contributed by atoms with E-state index < -0.39 is 0 Å². The van der Waals surface area contributed by atoms with Gasteiger partial charge in [0.05, 0.1) is 17.3 Å². The van der Waals surface area contributed by atoms with Crippen molar-refractivity contribution in [1.29, 1.82) is 0 Å². The summed E-state index contributed by atoms with van der Waals surface area (Å²) >= 11 is 15.8. The lowest BCUT2D eigenvalue weighted by Gasteiger charge is -2.14. The number of carbonyl (C=O) groups is 1. The third kappa shape index (κ3) is 6.03. The molecule has 0 atom stereocenters. The van der Waals surface area contributed by atoms with Gasteiger partial charge in [-0.1, -0.05) is 35.3 Å². The standard InChI is InChI=1S/C24H21BrCl2N2O3/c1-14-7-8-17(11-20(14)27)29-23(30)13-32-24-18(25)9-16(10-22(24)31-3)12-28-21-6-4-5-19(26)15(21)2/h4-12H,13H2,1-3H3,(H,29,30). The highest BCUT2D eigenvalue weighted by molar-refractivity contribution is 9.10. The Kier molecular flexibility index (Phi) is 8.18. The summed E-state index contributed by atoms with van der Waals surface area (Å²) < 4.78 is 11.8. The topological polar surface area (TPSA) is 59.9 Å². The zero-order valence-electron chi connectivity index (χ0n) is 17.7. The first-order valence-corrected chi connectivity index (χ1v) is 11.2. The maximum absolute atomic E-state index is 12.3. The quantitative estimate of drug-likeness (QED) is 0.327. The van der Waals surface area contributed by atoms with Gasteiger partial charge in [-0.3, -0.25) is 9.79 Å². The molecule has 0 saturated heterocycles. The van der Waals surface area contributed by atoms with Gasteiger partial charge in [0.25, 0.3) is 5.91 Å². The lowest BCUT2D eigenvalue weighted by Crippen LogP contribution is -2.20. The van der Waals surface area contributed by atoms with E-state index in [9.17, 15) is 4.79 Å². The number of hydrogen-bond acceptors (Lipinski definition) is 4. The molecule has 0 bridgehead atoms. The molecule has 0 radical (unpaired) electrons. The Hall–Kier alpha value is -2.54. The minimum absolute atomic E-state index is 0.199. The van der Waals surface area contributed by atoms with Crippen LogP contribution in [0, 0.1) is 13.8 Å². The molecule has 0 aromatic heterocycles. The highest BCUT2D eigenvalue weighted by atomic mass is 79.9. The number of nitrogens with one attached hydrogen (secondary N) is 1. The average Bonchev–Trinajstić information content (AvgIpc) is 2.76. The highest BCUT2D eigenvalue weighted by Gasteiger charge is 2.14. The zero-order chi connectivity index (χ0) is 23.3. The second-order valence-corrected chi connectivity index (χ2v) is 8.65. The molecule has 0 aliphatic carbocycles. The molecule has 166 valence electrons. The van der Waals surface area contributed by atoms with Crippen LogP contribution in [0.3, 0.4) is 0 Å². The smallest absolute Gasteiger partial charge is 0.262 e. The second-order valence-electron chi connectivity index (χ2n) is 6.98. The summed E-state index contributed by atoms with van der Waals surface area (Å²) in [5.74, 6) is 0.566. The number of halogens is 3. The van der Waals surface area contributed by atoms with Crippen molar-refractivity contribution in [2.24, 2.45) is 4.99 Å². The number of rotatable bonds is 7. The normalized spacial score (nSPS) is 10.9.